The maximum Gasteiger partial charge on any atom is 0.328 e. The number of nitrogens with zero attached hydrogens (tertiary/aromatic N) is 7. The Morgan fingerprint density at radius 1 is 0.823 bits per heavy atom. The maximum atomic E-state index is 12.9. The number of rotatable bonds is 10. The van der Waals surface area contributed by atoms with Crippen LogP contribution in [0, 0.1) is 12.8 Å². The second kappa shape index (κ2) is 17.3. The number of aromatic amines is 1. The number of nitrogens with one attached hydrogen (secondary N) is 3. The van der Waals surface area contributed by atoms with E-state index in [0.717, 1.165) is 101 Å². The highest BCUT2D eigenvalue weighted by molar-refractivity contribution is 7.10. The number of piperidine rings is 1. The number of amides is 4. The van der Waals surface area contributed by atoms with Gasteiger partial charge in [0.25, 0.3) is 5.91 Å². The molecule has 320 valence electrons. The molecule has 0 unspecified atom stereocenters. The normalized spacial score (nSPS) is 16.9. The number of H-pyrrole nitrogens is 1. The summed E-state index contributed by atoms with van der Waals surface area (Å²) in [5.74, 6) is 0.308. The molecule has 14 heteroatoms. The fourth-order valence-corrected chi connectivity index (χ4v) is 9.68. The lowest BCUT2D eigenvalue weighted by Gasteiger charge is -2.40. The van der Waals surface area contributed by atoms with Gasteiger partial charge in [-0.3, -0.25) is 24.7 Å². The number of carbonyl (C=O) groups excluding carboxylic acids is 3. The number of aryl methyl sites for hydroxylation is 1. The number of imide groups is 1. The minimum Gasteiger partial charge on any atom is -0.372 e. The van der Waals surface area contributed by atoms with Gasteiger partial charge in [0.15, 0.2) is 0 Å². The zero-order valence-electron chi connectivity index (χ0n) is 35.9. The molecule has 0 bridgehead atoms. The fraction of sp³-hybridized carbons (Fsp3) is 0.375. The van der Waals surface area contributed by atoms with Gasteiger partial charge in [-0.1, -0.05) is 45.0 Å². The van der Waals surface area contributed by atoms with Crippen LogP contribution in [-0.4, -0.2) is 95.0 Å². The van der Waals surface area contributed by atoms with Crippen LogP contribution in [0.1, 0.15) is 66.7 Å². The summed E-state index contributed by atoms with van der Waals surface area (Å²) in [6.45, 7) is 16.5. The first-order valence-electron chi connectivity index (χ1n) is 21.7. The predicted octanol–water partition coefficient (Wildman–Crippen LogP) is 7.77. The SMILES string of the molecule is Cc1cc(-c2ncnc3[nH]c(-c4ccc(N5CCN(CC6CCN(c7ccc(N8CCC(=O)NC8=O)cc7)CC6)CC5)cc4)cc23)ccc1CNC(=O)c1csc(C(C)(C)C)n1. The summed E-state index contributed by atoms with van der Waals surface area (Å²) in [7, 11) is 0. The van der Waals surface area contributed by atoms with Gasteiger partial charge in [0.2, 0.25) is 5.91 Å². The third-order valence-corrected chi connectivity index (χ3v) is 13.8. The van der Waals surface area contributed by atoms with E-state index >= 15 is 0 Å². The first-order valence-corrected chi connectivity index (χ1v) is 22.5. The van der Waals surface area contributed by atoms with Crippen LogP contribution >= 0.6 is 11.3 Å². The van der Waals surface area contributed by atoms with Gasteiger partial charge in [-0.25, -0.2) is 19.7 Å². The monoisotopic (exact) mass is 850 g/mol. The van der Waals surface area contributed by atoms with Gasteiger partial charge in [-0.2, -0.15) is 0 Å². The second-order valence-corrected chi connectivity index (χ2v) is 18.7. The molecule has 3 saturated heterocycles. The Labute approximate surface area is 366 Å². The summed E-state index contributed by atoms with van der Waals surface area (Å²) in [6.07, 6.45) is 4.27. The number of anilines is 3. The largest absolute Gasteiger partial charge is 0.372 e. The third-order valence-electron chi connectivity index (χ3n) is 12.5. The van der Waals surface area contributed by atoms with Crippen LogP contribution in [0.5, 0.6) is 0 Å². The van der Waals surface area contributed by atoms with E-state index in [0.29, 0.717) is 31.1 Å². The highest BCUT2D eigenvalue weighted by Gasteiger charge is 2.27. The number of fused-ring (bicyclic) bond motifs is 1. The Morgan fingerprint density at radius 2 is 1.50 bits per heavy atom. The van der Waals surface area contributed by atoms with Crippen LogP contribution in [0.25, 0.3) is 33.5 Å². The summed E-state index contributed by atoms with van der Waals surface area (Å²) in [5, 5.41) is 9.19. The molecule has 4 amide bonds. The molecular formula is C48H54N10O3S. The number of carbonyl (C=O) groups is 3. The lowest BCUT2D eigenvalue weighted by Crippen LogP contribution is -2.49. The van der Waals surface area contributed by atoms with Gasteiger partial charge >= 0.3 is 6.03 Å². The van der Waals surface area contributed by atoms with Crippen molar-refractivity contribution < 1.29 is 14.4 Å². The van der Waals surface area contributed by atoms with Crippen molar-refractivity contribution in [3.05, 3.63) is 106 Å². The van der Waals surface area contributed by atoms with Crippen LogP contribution in [-0.2, 0) is 16.8 Å². The van der Waals surface area contributed by atoms with Crippen molar-refractivity contribution in [3.63, 3.8) is 0 Å². The molecule has 3 N–H and O–H groups in total. The summed E-state index contributed by atoms with van der Waals surface area (Å²) in [5.41, 5.74) is 10.5. The van der Waals surface area contributed by atoms with E-state index < -0.39 is 0 Å². The van der Waals surface area contributed by atoms with Crippen molar-refractivity contribution >= 4 is 57.3 Å². The summed E-state index contributed by atoms with van der Waals surface area (Å²) in [6, 6.07) is 25.0. The summed E-state index contributed by atoms with van der Waals surface area (Å²) in [4.78, 5) is 63.2. The van der Waals surface area contributed by atoms with E-state index in [1.54, 1.807) is 11.2 Å². The van der Waals surface area contributed by atoms with Crippen LogP contribution in [0.3, 0.4) is 0 Å². The van der Waals surface area contributed by atoms with Gasteiger partial charge in [0, 0.05) is 110 Å². The number of hydrogen-bond acceptors (Lipinski definition) is 10. The number of urea groups is 1. The minimum atomic E-state index is -0.347. The molecule has 0 saturated carbocycles. The van der Waals surface area contributed by atoms with Crippen LogP contribution < -0.4 is 25.3 Å². The molecule has 0 aliphatic carbocycles. The van der Waals surface area contributed by atoms with E-state index in [2.05, 4.69) is 129 Å². The zero-order chi connectivity index (χ0) is 43.0. The molecular weight excluding hydrogens is 797 g/mol. The van der Waals surface area contributed by atoms with Crippen molar-refractivity contribution in [2.24, 2.45) is 5.92 Å². The zero-order valence-corrected chi connectivity index (χ0v) is 36.7. The van der Waals surface area contributed by atoms with Crippen molar-refractivity contribution in [1.82, 2.24) is 35.5 Å². The standard InChI is InChI=1S/C48H54N10O3S/c1-31-25-34(5-6-35(31)27-49-45(60)41-29-62-46(53-41)48(2,3)4)43-39-26-40(52-44(39)51-30-50-43)33-7-9-36(10-8-33)57-23-21-55(22-24-57)28-32-15-18-56(19-16-32)37-11-13-38(14-12-37)58-20-17-42(59)54-47(58)61/h5-14,25-26,29-30,32H,15-24,27-28H2,1-4H3,(H,49,60)(H,50,51,52)(H,54,59,61). The Morgan fingerprint density at radius 3 is 2.18 bits per heavy atom. The molecule has 62 heavy (non-hydrogen) atoms. The molecule has 9 rings (SSSR count). The third kappa shape index (κ3) is 8.93. The number of piperazine rings is 1. The quantitative estimate of drug-likeness (QED) is 0.126. The van der Waals surface area contributed by atoms with Crippen molar-refractivity contribution in [1.29, 1.82) is 0 Å². The van der Waals surface area contributed by atoms with Gasteiger partial charge in [0.05, 0.1) is 10.7 Å². The van der Waals surface area contributed by atoms with E-state index in [4.69, 9.17) is 4.98 Å². The summed E-state index contributed by atoms with van der Waals surface area (Å²) >= 11 is 1.52. The molecule has 6 heterocycles. The van der Waals surface area contributed by atoms with E-state index in [1.165, 1.54) is 35.6 Å². The number of benzene rings is 3. The first kappa shape index (κ1) is 41.2. The number of thiazole rings is 1. The highest BCUT2D eigenvalue weighted by atomic mass is 32.1. The molecule has 3 aromatic heterocycles. The molecule has 0 spiro atoms. The smallest absolute Gasteiger partial charge is 0.328 e. The Hall–Kier alpha value is -6.12. The Kier molecular flexibility index (Phi) is 11.5. The average Bonchev–Trinajstić information content (AvgIpc) is 3.96. The Bertz CT molecular complexity index is 2580. The molecule has 3 aliphatic heterocycles. The molecule has 0 radical (unpaired) electrons. The van der Waals surface area contributed by atoms with Crippen LogP contribution in [0.2, 0.25) is 0 Å². The lowest BCUT2D eigenvalue weighted by molar-refractivity contribution is -0.120. The Balaban J connectivity index is 0.759. The van der Waals surface area contributed by atoms with E-state index in [1.807, 2.05) is 17.5 Å². The van der Waals surface area contributed by atoms with Crippen LogP contribution in [0.4, 0.5) is 21.9 Å². The van der Waals surface area contributed by atoms with Gasteiger partial charge in [-0.15, -0.1) is 11.3 Å². The average molecular weight is 851 g/mol. The van der Waals surface area contributed by atoms with Crippen molar-refractivity contribution in [2.45, 2.75) is 58.9 Å². The molecule has 3 aliphatic rings. The summed E-state index contributed by atoms with van der Waals surface area (Å²) < 4.78 is 0. The van der Waals surface area contributed by atoms with E-state index in [9.17, 15) is 14.4 Å². The minimum absolute atomic E-state index is 0.0894. The van der Waals surface area contributed by atoms with Crippen LogP contribution in [0.15, 0.2) is 84.5 Å². The maximum absolute atomic E-state index is 12.9. The lowest BCUT2D eigenvalue weighted by atomic mass is 9.95. The van der Waals surface area contributed by atoms with Gasteiger partial charge < -0.3 is 20.1 Å². The van der Waals surface area contributed by atoms with Crippen molar-refractivity contribution in [3.8, 4) is 22.5 Å². The predicted molar refractivity (Wildman–Crippen MR) is 247 cm³/mol. The molecule has 3 aromatic carbocycles. The second-order valence-electron chi connectivity index (χ2n) is 17.8. The first-order chi connectivity index (χ1) is 29.9. The number of hydrogen-bond donors (Lipinski definition) is 3. The van der Waals surface area contributed by atoms with Crippen molar-refractivity contribution in [2.75, 3.05) is 67.1 Å². The fourth-order valence-electron chi connectivity index (χ4n) is 8.79. The topological polar surface area (TPSA) is 143 Å². The molecule has 0 atom stereocenters. The molecule has 6 aromatic rings. The number of aromatic nitrogens is 4. The van der Waals surface area contributed by atoms with Gasteiger partial charge in [0.1, 0.15) is 17.7 Å². The molecule has 3 fully saturated rings. The van der Waals surface area contributed by atoms with E-state index in [-0.39, 0.29) is 23.3 Å². The van der Waals surface area contributed by atoms with Gasteiger partial charge in [-0.05, 0) is 90.9 Å². The highest BCUT2D eigenvalue weighted by Crippen LogP contribution is 2.33. The molecule has 13 nitrogen and oxygen atoms in total.